The molecular weight excluding hydrogens is 477 g/mol. The van der Waals surface area contributed by atoms with Gasteiger partial charge >= 0.3 is 6.18 Å². The number of aromatic amines is 1. The summed E-state index contributed by atoms with van der Waals surface area (Å²) in [6.45, 7) is 6.44. The van der Waals surface area contributed by atoms with Crippen LogP contribution in [0.25, 0.3) is 27.1 Å². The number of piperidine rings is 1. The summed E-state index contributed by atoms with van der Waals surface area (Å²) < 4.78 is 42.4. The van der Waals surface area contributed by atoms with Gasteiger partial charge in [0.25, 0.3) is 5.91 Å². The van der Waals surface area contributed by atoms with Crippen molar-refractivity contribution >= 4 is 33.1 Å². The van der Waals surface area contributed by atoms with Crippen molar-refractivity contribution in [3.05, 3.63) is 40.7 Å². The van der Waals surface area contributed by atoms with Gasteiger partial charge in [-0.05, 0) is 42.5 Å². The lowest BCUT2D eigenvalue weighted by Gasteiger charge is -2.36. The second-order valence-electron chi connectivity index (χ2n) is 9.56. The van der Waals surface area contributed by atoms with E-state index >= 15 is 0 Å². The Bertz CT molecular complexity index is 1400. The van der Waals surface area contributed by atoms with Gasteiger partial charge in [-0.1, -0.05) is 13.8 Å². The van der Waals surface area contributed by atoms with E-state index in [4.69, 9.17) is 0 Å². The molecule has 7 nitrogen and oxygen atoms in total. The van der Waals surface area contributed by atoms with E-state index in [1.807, 2.05) is 19.2 Å². The van der Waals surface area contributed by atoms with Crippen LogP contribution in [-0.2, 0) is 0 Å². The van der Waals surface area contributed by atoms with Gasteiger partial charge in [-0.3, -0.25) is 4.79 Å². The van der Waals surface area contributed by atoms with E-state index in [1.54, 1.807) is 11.6 Å². The van der Waals surface area contributed by atoms with Gasteiger partial charge in [-0.25, -0.2) is 9.50 Å². The topological polar surface area (TPSA) is 78.3 Å². The largest absolute Gasteiger partial charge is 0.393 e. The van der Waals surface area contributed by atoms with Crippen molar-refractivity contribution < 1.29 is 18.0 Å². The molecule has 1 aliphatic rings. The van der Waals surface area contributed by atoms with Gasteiger partial charge in [0.05, 0.1) is 26.7 Å². The number of thiophene rings is 1. The van der Waals surface area contributed by atoms with Crippen LogP contribution < -0.4 is 5.32 Å². The first-order chi connectivity index (χ1) is 16.5. The van der Waals surface area contributed by atoms with Gasteiger partial charge in [0.15, 0.2) is 5.65 Å². The Kier molecular flexibility index (Phi) is 5.87. The maximum Gasteiger partial charge on any atom is 0.393 e. The molecule has 0 radical (unpaired) electrons. The fourth-order valence-corrected chi connectivity index (χ4v) is 6.21. The number of aromatic nitrogens is 4. The summed E-state index contributed by atoms with van der Waals surface area (Å²) in [6.07, 6.45) is -0.905. The zero-order valence-electron chi connectivity index (χ0n) is 19.9. The molecule has 0 aromatic carbocycles. The summed E-state index contributed by atoms with van der Waals surface area (Å²) >= 11 is 1.38. The van der Waals surface area contributed by atoms with Gasteiger partial charge in [0.2, 0.25) is 0 Å². The normalized spacial score (nSPS) is 19.2. The van der Waals surface area contributed by atoms with Crippen molar-refractivity contribution in [2.24, 2.45) is 5.92 Å². The van der Waals surface area contributed by atoms with Crippen molar-refractivity contribution in [1.29, 1.82) is 0 Å². The van der Waals surface area contributed by atoms with Crippen LogP contribution in [0.5, 0.6) is 0 Å². The summed E-state index contributed by atoms with van der Waals surface area (Å²) in [7, 11) is 1.59. The summed E-state index contributed by atoms with van der Waals surface area (Å²) in [5.41, 5.74) is 5.69. The van der Waals surface area contributed by atoms with Crippen molar-refractivity contribution in [2.45, 2.75) is 45.3 Å². The summed E-state index contributed by atoms with van der Waals surface area (Å²) in [5.74, 6) is -1.53. The predicted molar refractivity (Wildman–Crippen MR) is 130 cm³/mol. The Hall–Kier alpha value is -2.92. The van der Waals surface area contributed by atoms with Crippen LogP contribution >= 0.6 is 11.3 Å². The van der Waals surface area contributed by atoms with Crippen molar-refractivity contribution in [3.63, 3.8) is 0 Å². The van der Waals surface area contributed by atoms with Gasteiger partial charge in [0, 0.05) is 37.9 Å². The smallest absolute Gasteiger partial charge is 0.354 e. The third-order valence-corrected chi connectivity index (χ3v) is 7.96. The molecule has 11 heteroatoms. The number of nitrogens with one attached hydrogen (secondary N) is 2. The molecular formula is C24H27F3N6OS. The lowest BCUT2D eigenvalue weighted by molar-refractivity contribution is -0.181. The van der Waals surface area contributed by atoms with Crippen molar-refractivity contribution in [1.82, 2.24) is 29.8 Å². The number of carbonyl (C=O) groups excluding carboxylic acids is 1. The van der Waals surface area contributed by atoms with Crippen LogP contribution in [-0.4, -0.2) is 62.7 Å². The molecule has 2 N–H and O–H groups in total. The minimum Gasteiger partial charge on any atom is -0.354 e. The number of hydrogen-bond acceptors (Lipinski definition) is 5. The second kappa shape index (κ2) is 8.63. The van der Waals surface area contributed by atoms with Crippen LogP contribution in [0.15, 0.2) is 24.7 Å². The van der Waals surface area contributed by atoms with E-state index in [-0.39, 0.29) is 24.8 Å². The summed E-state index contributed by atoms with van der Waals surface area (Å²) in [4.78, 5) is 23.0. The van der Waals surface area contributed by atoms with E-state index < -0.39 is 18.1 Å². The molecule has 4 aromatic rings. The molecule has 1 amide bonds. The Balaban J connectivity index is 1.47. The highest BCUT2D eigenvalue weighted by atomic mass is 32.1. The molecule has 0 saturated carbocycles. The first-order valence-electron chi connectivity index (χ1n) is 11.5. The fraction of sp³-hybridized carbons (Fsp3) is 0.458. The Morgan fingerprint density at radius 2 is 2.06 bits per heavy atom. The first-order valence-corrected chi connectivity index (χ1v) is 12.4. The minimum absolute atomic E-state index is 0.0898. The van der Waals surface area contributed by atoms with E-state index in [0.29, 0.717) is 11.4 Å². The van der Waals surface area contributed by atoms with Gasteiger partial charge in [0.1, 0.15) is 6.33 Å². The molecule has 186 valence electrons. The monoisotopic (exact) mass is 504 g/mol. The number of amides is 1. The predicted octanol–water partition coefficient (Wildman–Crippen LogP) is 4.98. The number of aryl methyl sites for hydroxylation is 1. The third-order valence-electron chi connectivity index (χ3n) is 6.80. The lowest BCUT2D eigenvalue weighted by Crippen LogP contribution is -2.52. The molecule has 1 fully saturated rings. The molecule has 1 saturated heterocycles. The first kappa shape index (κ1) is 23.8. The van der Waals surface area contributed by atoms with E-state index in [0.717, 1.165) is 38.2 Å². The van der Waals surface area contributed by atoms with Gasteiger partial charge in [-0.15, -0.1) is 11.3 Å². The zero-order valence-corrected chi connectivity index (χ0v) is 20.7. The summed E-state index contributed by atoms with van der Waals surface area (Å²) in [6, 6.07) is 3.37. The van der Waals surface area contributed by atoms with E-state index in [1.165, 1.54) is 22.6 Å². The number of likely N-dealkylation sites (N-methyl/N-ethyl adjacent to an activating group) is 1. The maximum atomic E-state index is 13.3. The van der Waals surface area contributed by atoms with E-state index in [2.05, 4.69) is 40.3 Å². The molecule has 0 spiro atoms. The highest BCUT2D eigenvalue weighted by Gasteiger charge is 2.43. The molecule has 2 atom stereocenters. The maximum absolute atomic E-state index is 13.3. The number of carbonyl (C=O) groups is 1. The third kappa shape index (κ3) is 4.20. The minimum atomic E-state index is -4.27. The molecule has 5 rings (SSSR count). The SMILES string of the molecule is Cc1cc(-c2[nH]c3cc(C(=O)N(C)[C@@H]4CNC[C@H](C(F)(F)F)C4)sc3c2C(C)C)cn2ncnc12. The number of nitrogens with zero attached hydrogens (tertiary/aromatic N) is 4. The number of alkyl halides is 3. The summed E-state index contributed by atoms with van der Waals surface area (Å²) in [5, 5.41) is 7.11. The van der Waals surface area contributed by atoms with Crippen LogP contribution in [0.1, 0.15) is 47.0 Å². The average Bonchev–Trinajstić information content (AvgIpc) is 3.51. The van der Waals surface area contributed by atoms with Crippen molar-refractivity contribution in [2.75, 3.05) is 20.1 Å². The molecule has 0 bridgehead atoms. The van der Waals surface area contributed by atoms with E-state index in [9.17, 15) is 18.0 Å². The highest BCUT2D eigenvalue weighted by molar-refractivity contribution is 7.21. The van der Waals surface area contributed by atoms with Gasteiger partial charge in [-0.2, -0.15) is 18.3 Å². The van der Waals surface area contributed by atoms with Gasteiger partial charge < -0.3 is 15.2 Å². The second-order valence-corrected chi connectivity index (χ2v) is 10.6. The molecule has 5 heterocycles. The molecule has 4 aromatic heterocycles. The molecule has 1 aliphatic heterocycles. The molecule has 0 unspecified atom stereocenters. The number of fused-ring (bicyclic) bond motifs is 2. The standard InChI is InChI=1S/C24H27F3N6OS/c1-12(2)19-20(14-5-13(3)22-29-11-30-33(22)10-14)31-17-7-18(35-21(17)19)23(34)32(4)16-6-15(8-28-9-16)24(25,26)27/h5,7,10-12,15-16,28,31H,6,8-9H2,1-4H3/t15-,16+/m1/s1. The number of H-pyrrole nitrogens is 1. The molecule has 35 heavy (non-hydrogen) atoms. The van der Waals surface area contributed by atoms with Crippen LogP contribution in [0.4, 0.5) is 13.2 Å². The fourth-order valence-electron chi connectivity index (χ4n) is 4.92. The Morgan fingerprint density at radius 3 is 2.77 bits per heavy atom. The molecule has 0 aliphatic carbocycles. The number of hydrogen-bond donors (Lipinski definition) is 2. The Morgan fingerprint density at radius 1 is 1.29 bits per heavy atom. The zero-order chi connectivity index (χ0) is 25.1. The van der Waals surface area contributed by atoms with Crippen LogP contribution in [0, 0.1) is 12.8 Å². The lowest BCUT2D eigenvalue weighted by atomic mass is 9.94. The highest BCUT2D eigenvalue weighted by Crippen LogP contribution is 2.41. The quantitative estimate of drug-likeness (QED) is 0.411. The number of halogens is 3. The van der Waals surface area contributed by atoms with Crippen LogP contribution in [0.2, 0.25) is 0 Å². The average molecular weight is 505 g/mol. The number of pyridine rings is 1. The Labute approximate surface area is 204 Å². The van der Waals surface area contributed by atoms with Crippen molar-refractivity contribution in [3.8, 4) is 11.3 Å². The van der Waals surface area contributed by atoms with Crippen LogP contribution in [0.3, 0.4) is 0 Å². The number of rotatable bonds is 4.